The summed E-state index contributed by atoms with van der Waals surface area (Å²) in [7, 11) is -1.57. The fourth-order valence-corrected chi connectivity index (χ4v) is 2.32. The molecule has 0 heterocycles. The number of benzene rings is 2. The molecule has 0 atom stereocenters. The summed E-state index contributed by atoms with van der Waals surface area (Å²) < 4.78 is 0. The molecule has 0 spiro atoms. The van der Waals surface area contributed by atoms with Crippen molar-refractivity contribution in [2.45, 2.75) is 0 Å². The van der Waals surface area contributed by atoms with E-state index in [1.165, 1.54) is 0 Å². The fraction of sp³-hybridized carbons (Fsp3) is 0. The molecular formula is C13H9BO3. The van der Waals surface area contributed by atoms with Crippen LogP contribution in [0.25, 0.3) is 11.1 Å². The lowest BCUT2D eigenvalue weighted by Crippen LogP contribution is -2.31. The molecule has 17 heavy (non-hydrogen) atoms. The molecule has 2 aromatic carbocycles. The third-order valence-corrected chi connectivity index (χ3v) is 3.06. The molecule has 0 bridgehead atoms. The number of hydrogen-bond donors (Lipinski definition) is 2. The Hall–Kier alpha value is -1.91. The Labute approximate surface area is 98.5 Å². The Morgan fingerprint density at radius 1 is 0.824 bits per heavy atom. The Morgan fingerprint density at radius 2 is 1.47 bits per heavy atom. The zero-order valence-corrected chi connectivity index (χ0v) is 8.92. The van der Waals surface area contributed by atoms with Crippen LogP contribution in [0.3, 0.4) is 0 Å². The minimum absolute atomic E-state index is 0.0573. The molecular weight excluding hydrogens is 215 g/mol. The van der Waals surface area contributed by atoms with Crippen molar-refractivity contribution in [3.05, 3.63) is 53.6 Å². The monoisotopic (exact) mass is 224 g/mol. The van der Waals surface area contributed by atoms with E-state index < -0.39 is 7.12 Å². The summed E-state index contributed by atoms with van der Waals surface area (Å²) in [4.78, 5) is 12.1. The molecule has 0 unspecified atom stereocenters. The van der Waals surface area contributed by atoms with Gasteiger partial charge in [-0.05, 0) is 16.6 Å². The summed E-state index contributed by atoms with van der Waals surface area (Å²) in [6, 6.07) is 12.2. The van der Waals surface area contributed by atoms with E-state index in [4.69, 9.17) is 0 Å². The van der Waals surface area contributed by atoms with Crippen LogP contribution in [0.4, 0.5) is 0 Å². The normalized spacial score (nSPS) is 12.2. The van der Waals surface area contributed by atoms with E-state index in [-0.39, 0.29) is 5.78 Å². The van der Waals surface area contributed by atoms with E-state index in [9.17, 15) is 14.8 Å². The molecule has 1 aliphatic rings. The van der Waals surface area contributed by atoms with Crippen LogP contribution in [-0.4, -0.2) is 22.9 Å². The van der Waals surface area contributed by atoms with Crippen LogP contribution in [-0.2, 0) is 0 Å². The zero-order valence-electron chi connectivity index (χ0n) is 8.92. The molecule has 2 aromatic rings. The molecule has 0 saturated carbocycles. The molecule has 3 nitrogen and oxygen atoms in total. The van der Waals surface area contributed by atoms with Crippen molar-refractivity contribution < 1.29 is 14.8 Å². The lowest BCUT2D eigenvalue weighted by Gasteiger charge is -2.07. The Morgan fingerprint density at radius 3 is 2.18 bits per heavy atom. The van der Waals surface area contributed by atoms with Crippen LogP contribution in [0.2, 0.25) is 0 Å². The van der Waals surface area contributed by atoms with Crippen LogP contribution < -0.4 is 5.46 Å². The van der Waals surface area contributed by atoms with E-state index >= 15 is 0 Å². The van der Waals surface area contributed by atoms with Crippen molar-refractivity contribution in [1.82, 2.24) is 0 Å². The molecule has 4 heteroatoms. The van der Waals surface area contributed by atoms with Gasteiger partial charge in [-0.15, -0.1) is 0 Å². The first-order valence-electron chi connectivity index (χ1n) is 5.33. The minimum atomic E-state index is -1.57. The van der Waals surface area contributed by atoms with Crippen molar-refractivity contribution >= 4 is 18.4 Å². The smallest absolute Gasteiger partial charge is 0.423 e. The average molecular weight is 224 g/mol. The quantitative estimate of drug-likeness (QED) is 0.594. The van der Waals surface area contributed by atoms with E-state index in [1.54, 1.807) is 30.3 Å². The number of rotatable bonds is 1. The van der Waals surface area contributed by atoms with Crippen LogP contribution in [0.5, 0.6) is 0 Å². The van der Waals surface area contributed by atoms with Crippen molar-refractivity contribution in [3.8, 4) is 11.1 Å². The highest BCUT2D eigenvalue weighted by molar-refractivity contribution is 6.61. The highest BCUT2D eigenvalue weighted by Crippen LogP contribution is 2.34. The first-order chi connectivity index (χ1) is 8.20. The van der Waals surface area contributed by atoms with E-state index in [1.807, 2.05) is 12.1 Å². The molecule has 0 saturated heterocycles. The molecule has 0 aromatic heterocycles. The van der Waals surface area contributed by atoms with Crippen molar-refractivity contribution in [3.63, 3.8) is 0 Å². The summed E-state index contributed by atoms with van der Waals surface area (Å²) in [5.74, 6) is -0.0573. The molecule has 0 aliphatic heterocycles. The largest absolute Gasteiger partial charge is 0.489 e. The second kappa shape index (κ2) is 3.55. The SMILES string of the molecule is O=C1c2ccccc2-c2c(B(O)O)cccc21. The molecule has 0 radical (unpaired) electrons. The molecule has 2 N–H and O–H groups in total. The fourth-order valence-electron chi connectivity index (χ4n) is 2.32. The maximum atomic E-state index is 12.1. The summed E-state index contributed by atoms with van der Waals surface area (Å²) >= 11 is 0. The first-order valence-corrected chi connectivity index (χ1v) is 5.33. The van der Waals surface area contributed by atoms with Gasteiger partial charge in [0.25, 0.3) is 0 Å². The van der Waals surface area contributed by atoms with Crippen LogP contribution >= 0.6 is 0 Å². The van der Waals surface area contributed by atoms with Gasteiger partial charge in [0, 0.05) is 11.1 Å². The second-order valence-corrected chi connectivity index (χ2v) is 4.02. The second-order valence-electron chi connectivity index (χ2n) is 4.02. The Kier molecular flexibility index (Phi) is 2.14. The summed E-state index contributed by atoms with van der Waals surface area (Å²) in [5.41, 5.74) is 2.95. The lowest BCUT2D eigenvalue weighted by molar-refractivity contribution is 0.104. The number of carbonyl (C=O) groups is 1. The topological polar surface area (TPSA) is 57.5 Å². The predicted molar refractivity (Wildman–Crippen MR) is 65.1 cm³/mol. The van der Waals surface area contributed by atoms with Crippen molar-refractivity contribution in [2.75, 3.05) is 0 Å². The summed E-state index contributed by atoms with van der Waals surface area (Å²) in [6.07, 6.45) is 0. The number of fused-ring (bicyclic) bond motifs is 3. The standard InChI is InChI=1S/C13H9BO3/c15-13-9-5-2-1-4-8(9)12-10(13)6-3-7-11(12)14(16)17/h1-7,16-17H. The van der Waals surface area contributed by atoms with Gasteiger partial charge in [0.2, 0.25) is 0 Å². The highest BCUT2D eigenvalue weighted by atomic mass is 16.4. The van der Waals surface area contributed by atoms with Gasteiger partial charge in [-0.3, -0.25) is 4.79 Å². The lowest BCUT2D eigenvalue weighted by atomic mass is 9.75. The molecule has 82 valence electrons. The molecule has 0 amide bonds. The first kappa shape index (κ1) is 10.3. The van der Waals surface area contributed by atoms with Gasteiger partial charge in [-0.1, -0.05) is 42.5 Å². The molecule has 1 aliphatic carbocycles. The van der Waals surface area contributed by atoms with E-state index in [0.29, 0.717) is 22.2 Å². The van der Waals surface area contributed by atoms with Gasteiger partial charge >= 0.3 is 7.12 Å². The van der Waals surface area contributed by atoms with Gasteiger partial charge in [0.15, 0.2) is 5.78 Å². The minimum Gasteiger partial charge on any atom is -0.423 e. The zero-order chi connectivity index (χ0) is 12.0. The van der Waals surface area contributed by atoms with Gasteiger partial charge in [0.05, 0.1) is 0 Å². The highest BCUT2D eigenvalue weighted by Gasteiger charge is 2.30. The van der Waals surface area contributed by atoms with Crippen molar-refractivity contribution in [2.24, 2.45) is 0 Å². The predicted octanol–water partition coefficient (Wildman–Crippen LogP) is 0.578. The third-order valence-electron chi connectivity index (χ3n) is 3.06. The van der Waals surface area contributed by atoms with Crippen LogP contribution in [0, 0.1) is 0 Å². The van der Waals surface area contributed by atoms with E-state index in [2.05, 4.69) is 0 Å². The average Bonchev–Trinajstić information content (AvgIpc) is 2.64. The van der Waals surface area contributed by atoms with Crippen LogP contribution in [0.1, 0.15) is 15.9 Å². The Balaban J connectivity index is 2.38. The summed E-state index contributed by atoms with van der Waals surface area (Å²) in [5, 5.41) is 18.7. The van der Waals surface area contributed by atoms with Gasteiger partial charge in [-0.2, -0.15) is 0 Å². The van der Waals surface area contributed by atoms with Crippen LogP contribution in [0.15, 0.2) is 42.5 Å². The van der Waals surface area contributed by atoms with E-state index in [0.717, 1.165) is 5.56 Å². The van der Waals surface area contributed by atoms with Gasteiger partial charge in [0.1, 0.15) is 0 Å². The maximum Gasteiger partial charge on any atom is 0.489 e. The molecule has 0 fully saturated rings. The number of hydrogen-bond acceptors (Lipinski definition) is 3. The summed E-state index contributed by atoms with van der Waals surface area (Å²) in [6.45, 7) is 0. The van der Waals surface area contributed by atoms with Gasteiger partial charge in [-0.25, -0.2) is 0 Å². The third kappa shape index (κ3) is 1.35. The Bertz CT molecular complexity index is 620. The van der Waals surface area contributed by atoms with Gasteiger partial charge < -0.3 is 10.0 Å². The van der Waals surface area contributed by atoms with Crippen molar-refractivity contribution in [1.29, 1.82) is 0 Å². The maximum absolute atomic E-state index is 12.1. The molecule has 3 rings (SSSR count). The number of carbonyl (C=O) groups excluding carboxylic acids is 1. The number of ketones is 1.